The Morgan fingerprint density at radius 2 is 1.02 bits per heavy atom. The third kappa shape index (κ3) is 4.36. The number of nitriles is 1. The van der Waals surface area contributed by atoms with Crippen LogP contribution >= 0.6 is 0 Å². The Morgan fingerprint density at radius 3 is 1.72 bits per heavy atom. The van der Waals surface area contributed by atoms with Crippen LogP contribution in [0.4, 0.5) is 0 Å². The summed E-state index contributed by atoms with van der Waals surface area (Å²) in [5.74, 6) is 1.61. The molecule has 0 aliphatic carbocycles. The first-order valence-corrected chi connectivity index (χ1v) is 17.4. The van der Waals surface area contributed by atoms with Gasteiger partial charge in [-0.05, 0) is 60.7 Å². The molecule has 0 spiro atoms. The zero-order valence-corrected chi connectivity index (χ0v) is 28.1. The zero-order valence-electron chi connectivity index (χ0n) is 28.1. The number of hydrogen-bond acceptors (Lipinski definition) is 5. The maximum absolute atomic E-state index is 9.63. The first-order chi connectivity index (χ1) is 26.2. The number of fused-ring (bicyclic) bond motifs is 10. The summed E-state index contributed by atoms with van der Waals surface area (Å²) in [5, 5.41) is 15.9. The standard InChI is InChI=1S/C46H26N6O/c47-27-28-19-23-40-36(25-28)37-26-30(20-24-41(37)53-40)45-48-44(29-11-3-1-4-12-29)49-46(50-45)52-39-18-10-8-16-33(39)35-22-21-34-32-15-7-9-17-38(32)51(42(34)43(35)52)31-13-5-2-6-14-31/h1-26H. The highest BCUT2D eigenvalue weighted by atomic mass is 16.3. The van der Waals surface area contributed by atoms with E-state index < -0.39 is 0 Å². The van der Waals surface area contributed by atoms with Gasteiger partial charge >= 0.3 is 0 Å². The molecule has 11 rings (SSSR count). The van der Waals surface area contributed by atoms with Crippen LogP contribution in [0.1, 0.15) is 5.56 Å². The van der Waals surface area contributed by atoms with Gasteiger partial charge in [0, 0.05) is 49.1 Å². The van der Waals surface area contributed by atoms with E-state index in [1.165, 1.54) is 5.39 Å². The molecule has 0 unspecified atom stereocenters. The number of para-hydroxylation sites is 3. The lowest BCUT2D eigenvalue weighted by Gasteiger charge is -2.13. The molecule has 0 aliphatic rings. The first kappa shape index (κ1) is 29.2. The van der Waals surface area contributed by atoms with E-state index in [1.54, 1.807) is 6.07 Å². The Morgan fingerprint density at radius 1 is 0.453 bits per heavy atom. The molecule has 0 N–H and O–H groups in total. The van der Waals surface area contributed by atoms with Gasteiger partial charge in [0.1, 0.15) is 11.2 Å². The van der Waals surface area contributed by atoms with Gasteiger partial charge in [-0.1, -0.05) is 97.1 Å². The molecule has 0 radical (unpaired) electrons. The molecule has 0 atom stereocenters. The van der Waals surface area contributed by atoms with Crippen LogP contribution in [0.25, 0.3) is 100.0 Å². The van der Waals surface area contributed by atoms with Crippen LogP contribution in [0.3, 0.4) is 0 Å². The smallest absolute Gasteiger partial charge is 0.238 e. The fourth-order valence-corrected chi connectivity index (χ4v) is 7.85. The minimum atomic E-state index is 0.515. The van der Waals surface area contributed by atoms with Crippen LogP contribution in [0.15, 0.2) is 162 Å². The van der Waals surface area contributed by atoms with E-state index in [4.69, 9.17) is 19.4 Å². The van der Waals surface area contributed by atoms with E-state index in [1.807, 2.05) is 66.7 Å². The van der Waals surface area contributed by atoms with Gasteiger partial charge in [0.05, 0.1) is 33.7 Å². The number of nitrogens with zero attached hydrogens (tertiary/aromatic N) is 6. The van der Waals surface area contributed by atoms with Crippen molar-refractivity contribution >= 4 is 65.6 Å². The molecule has 0 bridgehead atoms. The molecule has 7 nitrogen and oxygen atoms in total. The molecule has 7 heteroatoms. The van der Waals surface area contributed by atoms with E-state index in [-0.39, 0.29) is 0 Å². The lowest BCUT2D eigenvalue weighted by molar-refractivity contribution is 0.669. The summed E-state index contributed by atoms with van der Waals surface area (Å²) in [6, 6.07) is 55.8. The van der Waals surface area contributed by atoms with Crippen molar-refractivity contribution in [1.82, 2.24) is 24.1 Å². The van der Waals surface area contributed by atoms with E-state index in [0.717, 1.165) is 77.0 Å². The van der Waals surface area contributed by atoms with Gasteiger partial charge < -0.3 is 8.98 Å². The van der Waals surface area contributed by atoms with Gasteiger partial charge in [-0.15, -0.1) is 0 Å². The van der Waals surface area contributed by atoms with Crippen LogP contribution < -0.4 is 0 Å². The van der Waals surface area contributed by atoms with Crippen LogP contribution in [0, 0.1) is 11.3 Å². The van der Waals surface area contributed by atoms with Crippen molar-refractivity contribution in [2.24, 2.45) is 0 Å². The molecule has 4 heterocycles. The Bertz CT molecular complexity index is 3290. The Balaban J connectivity index is 1.26. The average Bonchev–Trinajstić information content (AvgIpc) is 3.88. The van der Waals surface area contributed by atoms with Gasteiger partial charge in [-0.25, -0.2) is 4.98 Å². The predicted molar refractivity (Wildman–Crippen MR) is 211 cm³/mol. The first-order valence-electron chi connectivity index (χ1n) is 17.4. The van der Waals surface area contributed by atoms with Crippen molar-refractivity contribution in [1.29, 1.82) is 5.26 Å². The Kier molecular flexibility index (Phi) is 6.18. The highest BCUT2D eigenvalue weighted by molar-refractivity contribution is 6.23. The maximum Gasteiger partial charge on any atom is 0.238 e. The molecular formula is C46H26N6O. The van der Waals surface area contributed by atoms with Crippen LogP contribution in [0.5, 0.6) is 0 Å². The lowest BCUT2D eigenvalue weighted by atomic mass is 10.1. The van der Waals surface area contributed by atoms with Gasteiger partial charge in [0.25, 0.3) is 0 Å². The molecule has 0 aliphatic heterocycles. The predicted octanol–water partition coefficient (Wildman–Crippen LogP) is 11.2. The van der Waals surface area contributed by atoms with Gasteiger partial charge in [0.15, 0.2) is 11.6 Å². The SMILES string of the molecule is N#Cc1ccc2oc3ccc(-c4nc(-c5ccccc5)nc(-n5c6ccccc6c6ccc7c8ccccc8n(-c8ccccc8)c7c65)n4)cc3c2c1. The third-order valence-electron chi connectivity index (χ3n) is 10.2. The quantitative estimate of drug-likeness (QED) is 0.185. The second-order valence-electron chi connectivity index (χ2n) is 13.2. The van der Waals surface area contributed by atoms with E-state index >= 15 is 0 Å². The Hall–Kier alpha value is -7.56. The van der Waals surface area contributed by atoms with Crippen LogP contribution in [0.2, 0.25) is 0 Å². The normalized spacial score (nSPS) is 11.8. The van der Waals surface area contributed by atoms with Crippen molar-refractivity contribution in [3.8, 4) is 40.5 Å². The summed E-state index contributed by atoms with van der Waals surface area (Å²) in [6.45, 7) is 0. The largest absolute Gasteiger partial charge is 0.456 e. The molecule has 0 amide bonds. The molecule has 4 aromatic heterocycles. The van der Waals surface area contributed by atoms with Gasteiger partial charge in [0.2, 0.25) is 5.95 Å². The molecule has 0 saturated carbocycles. The molecule has 7 aromatic carbocycles. The average molecular weight is 679 g/mol. The van der Waals surface area contributed by atoms with Crippen molar-refractivity contribution in [2.75, 3.05) is 0 Å². The number of hydrogen-bond donors (Lipinski definition) is 0. The zero-order chi connectivity index (χ0) is 35.0. The lowest BCUT2D eigenvalue weighted by Crippen LogP contribution is -2.07. The fourth-order valence-electron chi connectivity index (χ4n) is 7.85. The summed E-state index contributed by atoms with van der Waals surface area (Å²) in [4.78, 5) is 15.6. The second-order valence-corrected chi connectivity index (χ2v) is 13.2. The summed E-state index contributed by atoms with van der Waals surface area (Å²) >= 11 is 0. The van der Waals surface area contributed by atoms with E-state index in [2.05, 4.69) is 100 Å². The molecular weight excluding hydrogens is 653 g/mol. The van der Waals surface area contributed by atoms with Crippen LogP contribution in [-0.2, 0) is 0 Å². The number of benzene rings is 7. The van der Waals surface area contributed by atoms with Gasteiger partial charge in [-0.2, -0.15) is 15.2 Å². The van der Waals surface area contributed by atoms with Gasteiger partial charge in [-0.3, -0.25) is 4.57 Å². The summed E-state index contributed by atoms with van der Waals surface area (Å²) < 4.78 is 10.7. The number of furan rings is 1. The second kappa shape index (κ2) is 11.2. The minimum Gasteiger partial charge on any atom is -0.456 e. The summed E-state index contributed by atoms with van der Waals surface area (Å²) in [6.07, 6.45) is 0. The molecule has 0 saturated heterocycles. The number of aromatic nitrogens is 5. The van der Waals surface area contributed by atoms with Crippen molar-refractivity contribution in [2.45, 2.75) is 0 Å². The third-order valence-corrected chi connectivity index (χ3v) is 10.2. The monoisotopic (exact) mass is 678 g/mol. The van der Waals surface area contributed by atoms with E-state index in [9.17, 15) is 5.26 Å². The molecule has 53 heavy (non-hydrogen) atoms. The number of rotatable bonds is 4. The molecule has 246 valence electrons. The highest BCUT2D eigenvalue weighted by Gasteiger charge is 2.23. The van der Waals surface area contributed by atoms with Crippen molar-refractivity contribution in [3.63, 3.8) is 0 Å². The molecule has 11 aromatic rings. The maximum atomic E-state index is 9.63. The fraction of sp³-hybridized carbons (Fsp3) is 0. The molecule has 0 fully saturated rings. The van der Waals surface area contributed by atoms with Crippen LogP contribution in [-0.4, -0.2) is 24.1 Å². The van der Waals surface area contributed by atoms with Crippen molar-refractivity contribution in [3.05, 3.63) is 163 Å². The minimum absolute atomic E-state index is 0.515. The van der Waals surface area contributed by atoms with Crippen molar-refractivity contribution < 1.29 is 4.42 Å². The Labute approximate surface area is 302 Å². The summed E-state index contributed by atoms with van der Waals surface area (Å²) in [5.41, 5.74) is 9.01. The topological polar surface area (TPSA) is 85.5 Å². The van der Waals surface area contributed by atoms with E-state index in [0.29, 0.717) is 23.2 Å². The summed E-state index contributed by atoms with van der Waals surface area (Å²) in [7, 11) is 0. The highest BCUT2D eigenvalue weighted by Crippen LogP contribution is 2.42.